The van der Waals surface area contributed by atoms with Gasteiger partial charge in [0.25, 0.3) is 5.92 Å². The van der Waals surface area contributed by atoms with Crippen LogP contribution in [0.1, 0.15) is 23.2 Å². The summed E-state index contributed by atoms with van der Waals surface area (Å²) in [6.45, 7) is -1.49. The van der Waals surface area contributed by atoms with Gasteiger partial charge < -0.3 is 26.0 Å². The first-order valence-corrected chi connectivity index (χ1v) is 9.77. The fourth-order valence-electron chi connectivity index (χ4n) is 3.21. The molecule has 31 heavy (non-hydrogen) atoms. The van der Waals surface area contributed by atoms with Crippen LogP contribution in [0.5, 0.6) is 0 Å². The lowest BCUT2D eigenvalue weighted by molar-refractivity contribution is -0.117. The monoisotopic (exact) mass is 453 g/mol. The number of nitrogens with one attached hydrogen (secondary N) is 2. The van der Waals surface area contributed by atoms with Crippen LogP contribution >= 0.6 is 11.6 Å². The van der Waals surface area contributed by atoms with Crippen molar-refractivity contribution in [1.29, 1.82) is 0 Å². The first-order chi connectivity index (χ1) is 14.7. The molecule has 1 aromatic heterocycles. The molecule has 4 N–H and O–H groups in total. The second-order valence-electron chi connectivity index (χ2n) is 7.11. The molecule has 0 spiro atoms. The highest BCUT2D eigenvalue weighted by molar-refractivity contribution is 6.30. The molecule has 0 bridgehead atoms. The second-order valence-corrected chi connectivity index (χ2v) is 7.54. The summed E-state index contributed by atoms with van der Waals surface area (Å²) < 4.78 is 32.9. The molecule has 1 saturated heterocycles. The van der Waals surface area contributed by atoms with Crippen molar-refractivity contribution in [1.82, 2.24) is 15.2 Å². The number of aromatic nitrogens is 1. The summed E-state index contributed by atoms with van der Waals surface area (Å²) in [4.78, 5) is 29.9. The van der Waals surface area contributed by atoms with Crippen molar-refractivity contribution >= 4 is 29.4 Å². The van der Waals surface area contributed by atoms with Gasteiger partial charge in [0.2, 0.25) is 5.91 Å². The van der Waals surface area contributed by atoms with Gasteiger partial charge in [-0.3, -0.25) is 4.79 Å². The summed E-state index contributed by atoms with van der Waals surface area (Å²) in [6, 6.07) is 7.19. The van der Waals surface area contributed by atoms with Gasteiger partial charge in [0.1, 0.15) is 11.9 Å². The van der Waals surface area contributed by atoms with Crippen molar-refractivity contribution < 1.29 is 23.1 Å². The normalized spacial score (nSPS) is 17.6. The van der Waals surface area contributed by atoms with Gasteiger partial charge in [-0.2, -0.15) is 0 Å². The highest BCUT2D eigenvalue weighted by Gasteiger charge is 2.42. The Kier molecular flexibility index (Phi) is 7.04. The number of benzene rings is 1. The molecule has 1 aliphatic heterocycles. The third-order valence-corrected chi connectivity index (χ3v) is 5.05. The minimum Gasteiger partial charge on any atom is -0.382 e. The largest absolute Gasteiger partial charge is 0.382 e. The molecule has 8 nitrogen and oxygen atoms in total. The van der Waals surface area contributed by atoms with Crippen LogP contribution in [0.3, 0.4) is 0 Å². The number of urea groups is 1. The third-order valence-electron chi connectivity index (χ3n) is 4.79. The maximum atomic E-state index is 13.9. The fourth-order valence-corrected chi connectivity index (χ4v) is 3.33. The molecular formula is C20H22ClF2N5O3. The zero-order chi connectivity index (χ0) is 22.6. The van der Waals surface area contributed by atoms with Gasteiger partial charge in [0.05, 0.1) is 25.7 Å². The van der Waals surface area contributed by atoms with E-state index in [0.717, 1.165) is 4.90 Å². The molecule has 2 heterocycles. The summed E-state index contributed by atoms with van der Waals surface area (Å²) in [7, 11) is 1.40. The molecule has 1 fully saturated rings. The van der Waals surface area contributed by atoms with Crippen molar-refractivity contribution in [3.63, 3.8) is 0 Å². The molecule has 11 heteroatoms. The smallest absolute Gasteiger partial charge is 0.318 e. The van der Waals surface area contributed by atoms with E-state index in [1.807, 2.05) is 0 Å². The Hall–Kier alpha value is -2.82. The first kappa shape index (κ1) is 22.9. The second kappa shape index (κ2) is 9.54. The third kappa shape index (κ3) is 5.66. The van der Waals surface area contributed by atoms with Crippen LogP contribution in [0, 0.1) is 0 Å². The zero-order valence-corrected chi connectivity index (χ0v) is 17.4. The fraction of sp³-hybridized carbons (Fsp3) is 0.350. The maximum absolute atomic E-state index is 13.9. The average molecular weight is 454 g/mol. The Morgan fingerprint density at radius 3 is 2.74 bits per heavy atom. The number of methoxy groups -OCH3 is 1. The number of halogens is 3. The van der Waals surface area contributed by atoms with Gasteiger partial charge in [-0.1, -0.05) is 23.7 Å². The Balaban J connectivity index is 1.79. The quantitative estimate of drug-likeness (QED) is 0.597. The molecule has 1 aliphatic rings. The summed E-state index contributed by atoms with van der Waals surface area (Å²) in [6.07, 6.45) is 1.40. The molecule has 0 saturated carbocycles. The molecule has 166 valence electrons. The van der Waals surface area contributed by atoms with Gasteiger partial charge in [-0.05, 0) is 35.4 Å². The number of ether oxygens (including phenoxy) is 1. The Bertz CT molecular complexity index is 945. The van der Waals surface area contributed by atoms with E-state index in [9.17, 15) is 18.4 Å². The van der Waals surface area contributed by atoms with Crippen LogP contribution in [-0.4, -0.2) is 54.6 Å². The van der Waals surface area contributed by atoms with Crippen LogP contribution < -0.4 is 16.4 Å². The Labute approximate surface area is 182 Å². The molecule has 3 rings (SSSR count). The van der Waals surface area contributed by atoms with Gasteiger partial charge in [-0.25, -0.2) is 18.6 Å². The lowest BCUT2D eigenvalue weighted by Gasteiger charge is -2.38. The summed E-state index contributed by atoms with van der Waals surface area (Å²) in [5.41, 5.74) is 7.03. The van der Waals surface area contributed by atoms with Crippen LogP contribution in [0.15, 0.2) is 42.6 Å². The lowest BCUT2D eigenvalue weighted by Crippen LogP contribution is -2.58. The van der Waals surface area contributed by atoms with E-state index in [1.165, 1.54) is 19.4 Å². The number of anilines is 1. The number of hydrogen-bond acceptors (Lipinski definition) is 5. The van der Waals surface area contributed by atoms with Crippen molar-refractivity contribution in [3.8, 4) is 0 Å². The van der Waals surface area contributed by atoms with E-state index < -0.39 is 43.0 Å². The Morgan fingerprint density at radius 2 is 2.06 bits per heavy atom. The first-order valence-electron chi connectivity index (χ1n) is 9.39. The van der Waals surface area contributed by atoms with E-state index in [-0.39, 0.29) is 12.4 Å². The molecule has 2 aromatic rings. The summed E-state index contributed by atoms with van der Waals surface area (Å²) in [5.74, 6) is -3.43. The van der Waals surface area contributed by atoms with E-state index in [1.54, 1.807) is 30.3 Å². The average Bonchev–Trinajstić information content (AvgIpc) is 2.74. The topological polar surface area (TPSA) is 110 Å². The van der Waals surface area contributed by atoms with Gasteiger partial charge >= 0.3 is 6.03 Å². The van der Waals surface area contributed by atoms with E-state index in [2.05, 4.69) is 15.6 Å². The predicted octanol–water partition coefficient (Wildman–Crippen LogP) is 2.72. The number of rotatable bonds is 7. The highest BCUT2D eigenvalue weighted by atomic mass is 35.5. The molecule has 0 unspecified atom stereocenters. The number of amides is 3. The molecular weight excluding hydrogens is 432 g/mol. The summed E-state index contributed by atoms with van der Waals surface area (Å²) >= 11 is 5.85. The molecule has 2 atom stereocenters. The number of nitrogens with zero attached hydrogens (tertiary/aromatic N) is 2. The SMILES string of the molecule is COC[C@H](c1ccnc(NC(=O)[C@@H](N)c2ccc(Cl)cc2)c1)N1CC(F)(F)CNC1=O. The van der Waals surface area contributed by atoms with E-state index in [4.69, 9.17) is 22.1 Å². The number of carbonyl (C=O) groups is 2. The van der Waals surface area contributed by atoms with E-state index in [0.29, 0.717) is 16.1 Å². The van der Waals surface area contributed by atoms with Crippen molar-refractivity contribution in [2.24, 2.45) is 5.73 Å². The van der Waals surface area contributed by atoms with Gasteiger partial charge in [0, 0.05) is 18.3 Å². The van der Waals surface area contributed by atoms with E-state index >= 15 is 0 Å². The Morgan fingerprint density at radius 1 is 1.35 bits per heavy atom. The van der Waals surface area contributed by atoms with Gasteiger partial charge in [-0.15, -0.1) is 0 Å². The van der Waals surface area contributed by atoms with Crippen molar-refractivity contribution in [3.05, 3.63) is 58.7 Å². The number of hydrogen-bond donors (Lipinski definition) is 3. The van der Waals surface area contributed by atoms with Crippen molar-refractivity contribution in [2.75, 3.05) is 32.1 Å². The molecule has 3 amide bonds. The molecule has 0 radical (unpaired) electrons. The lowest BCUT2D eigenvalue weighted by atomic mass is 10.1. The van der Waals surface area contributed by atoms with Crippen LogP contribution in [0.4, 0.5) is 19.4 Å². The van der Waals surface area contributed by atoms with Crippen LogP contribution in [0.25, 0.3) is 0 Å². The minimum absolute atomic E-state index is 0.0226. The molecule has 0 aliphatic carbocycles. The molecule has 1 aromatic carbocycles. The predicted molar refractivity (Wildman–Crippen MR) is 111 cm³/mol. The number of carbonyl (C=O) groups excluding carboxylic acids is 2. The van der Waals surface area contributed by atoms with Crippen molar-refractivity contribution in [2.45, 2.75) is 18.0 Å². The summed E-state index contributed by atoms with van der Waals surface area (Å²) in [5, 5.41) is 5.31. The van der Waals surface area contributed by atoms with Crippen LogP contribution in [-0.2, 0) is 9.53 Å². The maximum Gasteiger partial charge on any atom is 0.318 e. The highest BCUT2D eigenvalue weighted by Crippen LogP contribution is 2.29. The number of alkyl halides is 2. The van der Waals surface area contributed by atoms with Gasteiger partial charge in [0.15, 0.2) is 0 Å². The minimum atomic E-state index is -3.07. The van der Waals surface area contributed by atoms with Crippen LogP contribution in [0.2, 0.25) is 5.02 Å². The number of pyridine rings is 1. The standard InChI is InChI=1S/C20H22ClF2N5O3/c1-31-9-15(28-11-20(22,23)10-26-19(28)30)13-6-7-25-16(8-13)27-18(29)17(24)12-2-4-14(21)5-3-12/h2-8,15,17H,9-11,24H2,1H3,(H,26,30)(H,25,27,29)/t15-,17+/m1/s1. The number of nitrogens with two attached hydrogens (primary N) is 1. The zero-order valence-electron chi connectivity index (χ0n) is 16.6.